The van der Waals surface area contributed by atoms with Crippen molar-refractivity contribution in [2.24, 2.45) is 5.14 Å². The average molecular weight is 425 g/mol. The van der Waals surface area contributed by atoms with Gasteiger partial charge in [-0.15, -0.1) is 11.3 Å². The molecule has 2 aromatic heterocycles. The molecular weight excluding hydrogens is 412 g/mol. The number of primary sulfonamides is 1. The number of hydrogen-bond donors (Lipinski definition) is 1. The summed E-state index contributed by atoms with van der Waals surface area (Å²) >= 11 is 1.52. The van der Waals surface area contributed by atoms with Crippen LogP contribution < -0.4 is 10.2 Å². The van der Waals surface area contributed by atoms with Crippen LogP contribution in [0.4, 0.5) is 0 Å². The number of thiazole rings is 1. The van der Waals surface area contributed by atoms with Crippen LogP contribution in [0.5, 0.6) is 0 Å². The monoisotopic (exact) mass is 425 g/mol. The van der Waals surface area contributed by atoms with E-state index in [0.29, 0.717) is 11.4 Å². The first-order valence-electron chi connectivity index (χ1n) is 8.28. The van der Waals surface area contributed by atoms with E-state index in [4.69, 9.17) is 5.14 Å². The summed E-state index contributed by atoms with van der Waals surface area (Å²) in [5, 5.41) is 23.3. The maximum Gasteiger partial charge on any atom is 0.238 e. The third kappa shape index (κ3) is 3.81. The number of nitrogens with two attached hydrogens (primary N) is 1. The van der Waals surface area contributed by atoms with Crippen LogP contribution in [0.2, 0.25) is 0 Å². The molecule has 0 spiro atoms. The number of carbonyl (C=O) groups is 1. The summed E-state index contributed by atoms with van der Waals surface area (Å²) in [5.41, 5.74) is 2.41. The van der Waals surface area contributed by atoms with Gasteiger partial charge >= 0.3 is 0 Å². The van der Waals surface area contributed by atoms with E-state index in [2.05, 4.69) is 10.1 Å². The number of nitrogens with zero attached hydrogens (tertiary/aromatic N) is 3. The van der Waals surface area contributed by atoms with Gasteiger partial charge in [0.05, 0.1) is 22.2 Å². The Morgan fingerprint density at radius 3 is 2.24 bits per heavy atom. The Morgan fingerprint density at radius 1 is 1.03 bits per heavy atom. The highest BCUT2D eigenvalue weighted by molar-refractivity contribution is 7.89. The minimum atomic E-state index is -3.84. The molecule has 4 aromatic rings. The molecule has 0 aliphatic rings. The van der Waals surface area contributed by atoms with E-state index in [9.17, 15) is 18.3 Å². The maximum absolute atomic E-state index is 11.5. The minimum Gasteiger partial charge on any atom is -0.543 e. The fourth-order valence-corrected chi connectivity index (χ4v) is 3.97. The normalized spacial score (nSPS) is 11.5. The van der Waals surface area contributed by atoms with Crippen molar-refractivity contribution in [1.29, 1.82) is 0 Å². The van der Waals surface area contributed by atoms with Crippen LogP contribution in [0, 0.1) is 0 Å². The predicted octanol–water partition coefficient (Wildman–Crippen LogP) is 1.67. The Balaban J connectivity index is 1.78. The van der Waals surface area contributed by atoms with Crippen molar-refractivity contribution in [3.63, 3.8) is 0 Å². The molecule has 0 amide bonds. The van der Waals surface area contributed by atoms with E-state index >= 15 is 0 Å². The van der Waals surface area contributed by atoms with Gasteiger partial charge in [0.2, 0.25) is 10.0 Å². The Bertz CT molecular complexity index is 1280. The van der Waals surface area contributed by atoms with E-state index in [0.717, 1.165) is 16.1 Å². The highest BCUT2D eigenvalue weighted by Crippen LogP contribution is 2.28. The zero-order valence-electron chi connectivity index (χ0n) is 14.7. The lowest BCUT2D eigenvalue weighted by Crippen LogP contribution is -2.22. The molecule has 10 heteroatoms. The maximum atomic E-state index is 11.5. The number of aromatic carboxylic acids is 1. The summed E-state index contributed by atoms with van der Waals surface area (Å²) in [6.07, 6.45) is 1.72. The summed E-state index contributed by atoms with van der Waals surface area (Å²) < 4.78 is 24.3. The molecule has 2 heterocycles. The lowest BCUT2D eigenvalue weighted by molar-refractivity contribution is -0.255. The predicted molar refractivity (Wildman–Crippen MR) is 106 cm³/mol. The molecule has 2 N–H and O–H groups in total. The number of aromatic nitrogens is 3. The number of carboxylic acids is 1. The van der Waals surface area contributed by atoms with Crippen molar-refractivity contribution in [3.05, 3.63) is 71.9 Å². The van der Waals surface area contributed by atoms with Gasteiger partial charge in [0.25, 0.3) is 0 Å². The van der Waals surface area contributed by atoms with E-state index in [1.165, 1.54) is 46.4 Å². The van der Waals surface area contributed by atoms with Crippen molar-refractivity contribution in [2.45, 2.75) is 4.90 Å². The topological polar surface area (TPSA) is 131 Å². The zero-order valence-corrected chi connectivity index (χ0v) is 16.4. The third-order valence-corrected chi connectivity index (χ3v) is 5.94. The molecule has 0 aliphatic heterocycles. The number of carboxylic acid groups (broad SMARTS) is 1. The molecule has 8 nitrogen and oxygen atoms in total. The molecule has 0 saturated heterocycles. The summed E-state index contributed by atoms with van der Waals surface area (Å²) in [6, 6.07) is 14.5. The van der Waals surface area contributed by atoms with Crippen LogP contribution in [-0.2, 0) is 10.0 Å². The largest absolute Gasteiger partial charge is 0.543 e. The molecule has 146 valence electrons. The number of hydrogen-bond acceptors (Lipinski definition) is 7. The fraction of sp³-hybridized carbons (Fsp3) is 0. The Kier molecular flexibility index (Phi) is 4.74. The lowest BCUT2D eigenvalue weighted by atomic mass is 10.1. The van der Waals surface area contributed by atoms with Crippen molar-refractivity contribution in [2.75, 3.05) is 0 Å². The Labute approximate surface area is 169 Å². The fourth-order valence-electron chi connectivity index (χ4n) is 2.81. The minimum absolute atomic E-state index is 0.0529. The zero-order chi connectivity index (χ0) is 20.6. The molecule has 0 atom stereocenters. The highest BCUT2D eigenvalue weighted by atomic mass is 32.2. The van der Waals surface area contributed by atoms with Gasteiger partial charge in [-0.05, 0) is 30.3 Å². The van der Waals surface area contributed by atoms with Crippen molar-refractivity contribution in [1.82, 2.24) is 14.8 Å². The van der Waals surface area contributed by atoms with E-state index < -0.39 is 16.0 Å². The molecule has 4 rings (SSSR count). The van der Waals surface area contributed by atoms with Crippen molar-refractivity contribution < 1.29 is 18.3 Å². The summed E-state index contributed by atoms with van der Waals surface area (Å²) in [7, 11) is -3.84. The first-order chi connectivity index (χ1) is 13.8. The van der Waals surface area contributed by atoms with Gasteiger partial charge in [-0.25, -0.2) is 23.2 Å². The van der Waals surface area contributed by atoms with Gasteiger partial charge in [-0.3, -0.25) is 0 Å². The molecule has 0 bridgehead atoms. The first kappa shape index (κ1) is 19.0. The molecule has 0 saturated carbocycles. The van der Waals surface area contributed by atoms with Gasteiger partial charge in [0, 0.05) is 22.7 Å². The second-order valence-corrected chi connectivity index (χ2v) is 8.52. The summed E-state index contributed by atoms with van der Waals surface area (Å²) in [6.45, 7) is 0. The number of benzene rings is 2. The van der Waals surface area contributed by atoms with E-state index in [1.807, 2.05) is 29.6 Å². The molecule has 2 aromatic carbocycles. The van der Waals surface area contributed by atoms with Crippen LogP contribution in [0.15, 0.2) is 71.1 Å². The van der Waals surface area contributed by atoms with Crippen molar-refractivity contribution >= 4 is 27.3 Å². The molecule has 0 fully saturated rings. The Hall–Kier alpha value is -3.34. The van der Waals surface area contributed by atoms with Gasteiger partial charge in [-0.2, -0.15) is 5.10 Å². The van der Waals surface area contributed by atoms with Gasteiger partial charge in [0.15, 0.2) is 0 Å². The summed E-state index contributed by atoms with van der Waals surface area (Å²) in [4.78, 5) is 15.5. The molecule has 0 unspecified atom stereocenters. The van der Waals surface area contributed by atoms with E-state index in [-0.39, 0.29) is 10.6 Å². The smallest absolute Gasteiger partial charge is 0.238 e. The number of sulfonamides is 1. The molecule has 0 radical (unpaired) electrons. The van der Waals surface area contributed by atoms with E-state index in [1.54, 1.807) is 6.20 Å². The lowest BCUT2D eigenvalue weighted by Gasteiger charge is -2.09. The van der Waals surface area contributed by atoms with Gasteiger partial charge in [-0.1, -0.05) is 24.3 Å². The van der Waals surface area contributed by atoms with Crippen molar-refractivity contribution in [3.8, 4) is 27.5 Å². The molecule has 0 aliphatic carbocycles. The van der Waals surface area contributed by atoms with Crippen LogP contribution >= 0.6 is 11.3 Å². The van der Waals surface area contributed by atoms with Crippen LogP contribution in [0.1, 0.15) is 10.5 Å². The Morgan fingerprint density at radius 2 is 1.69 bits per heavy atom. The second kappa shape index (κ2) is 7.24. The molecular formula is C19H13N4O4S2-. The van der Waals surface area contributed by atoms with Gasteiger partial charge < -0.3 is 9.90 Å². The second-order valence-electron chi connectivity index (χ2n) is 6.07. The van der Waals surface area contributed by atoms with Crippen LogP contribution in [0.25, 0.3) is 27.5 Å². The van der Waals surface area contributed by atoms with Gasteiger partial charge in [0.1, 0.15) is 10.7 Å². The quantitative estimate of drug-likeness (QED) is 0.517. The standard InChI is InChI=1S/C19H14N4O4S2/c20-29(26,27)15-7-5-14(6-8-15)23-17(11-16(22-23)19(24)25)12-1-3-13(4-2-12)18-21-9-10-28-18/h1-11H,(H,24,25)(H2,20,26,27)/p-1. The van der Waals surface area contributed by atoms with Crippen LogP contribution in [0.3, 0.4) is 0 Å². The average Bonchev–Trinajstić information content (AvgIpc) is 3.38. The number of carbonyl (C=O) groups excluding carboxylic acids is 1. The highest BCUT2D eigenvalue weighted by Gasteiger charge is 2.14. The first-order valence-corrected chi connectivity index (χ1v) is 10.7. The third-order valence-electron chi connectivity index (χ3n) is 4.19. The molecule has 29 heavy (non-hydrogen) atoms. The summed E-state index contributed by atoms with van der Waals surface area (Å²) in [5.74, 6) is -1.41. The number of rotatable bonds is 5. The SMILES string of the molecule is NS(=O)(=O)c1ccc(-n2nc(C(=O)[O-])cc2-c2ccc(-c3nccs3)cc2)cc1. The van der Waals surface area contributed by atoms with Crippen LogP contribution in [-0.4, -0.2) is 29.2 Å².